The van der Waals surface area contributed by atoms with Gasteiger partial charge in [0.2, 0.25) is 0 Å². The average Bonchev–Trinajstić information content (AvgIpc) is 2.44. The van der Waals surface area contributed by atoms with Crippen LogP contribution in [0.3, 0.4) is 0 Å². The zero-order chi connectivity index (χ0) is 15.8. The second-order valence-electron chi connectivity index (χ2n) is 4.57. The second-order valence-corrected chi connectivity index (χ2v) is 4.57. The van der Waals surface area contributed by atoms with Gasteiger partial charge < -0.3 is 15.3 Å². The van der Waals surface area contributed by atoms with E-state index >= 15 is 0 Å². The van der Waals surface area contributed by atoms with Crippen LogP contribution in [-0.4, -0.2) is 42.3 Å². The van der Waals surface area contributed by atoms with E-state index in [1.165, 1.54) is 4.90 Å². The van der Waals surface area contributed by atoms with Crippen LogP contribution in [-0.2, 0) is 6.42 Å². The highest BCUT2D eigenvalue weighted by Crippen LogP contribution is 2.13. The van der Waals surface area contributed by atoms with Gasteiger partial charge in [-0.1, -0.05) is 6.92 Å². The summed E-state index contributed by atoms with van der Waals surface area (Å²) in [5.74, 6) is -3.99. The van der Waals surface area contributed by atoms with Gasteiger partial charge in [0.1, 0.15) is 0 Å². The molecule has 0 aliphatic carbocycles. The lowest BCUT2D eigenvalue weighted by Gasteiger charge is -2.21. The summed E-state index contributed by atoms with van der Waals surface area (Å²) in [6.07, 6.45) is 0.931. The van der Waals surface area contributed by atoms with E-state index in [1.807, 2.05) is 6.92 Å². The number of nitrogens with one attached hydrogen (secondary N) is 1. The van der Waals surface area contributed by atoms with E-state index < -0.39 is 17.5 Å². The number of benzene rings is 1. The third kappa shape index (κ3) is 5.26. The van der Waals surface area contributed by atoms with Gasteiger partial charge in [-0.2, -0.15) is 0 Å². The van der Waals surface area contributed by atoms with Crippen molar-refractivity contribution in [3.63, 3.8) is 0 Å². The van der Waals surface area contributed by atoms with Crippen molar-refractivity contribution >= 4 is 6.03 Å². The molecule has 2 amide bonds. The molecule has 0 bridgehead atoms. The van der Waals surface area contributed by atoms with Crippen molar-refractivity contribution in [3.8, 4) is 0 Å². The van der Waals surface area contributed by atoms with Gasteiger partial charge in [-0.05, 0) is 30.5 Å². The fraction of sp³-hybridized carbons (Fsp3) is 0.500. The molecule has 2 N–H and O–H groups in total. The van der Waals surface area contributed by atoms with Crippen molar-refractivity contribution in [1.29, 1.82) is 0 Å². The molecular weight excluding hydrogens is 285 g/mol. The molecule has 1 aromatic carbocycles. The Morgan fingerprint density at radius 3 is 2.38 bits per heavy atom. The van der Waals surface area contributed by atoms with Crippen molar-refractivity contribution in [1.82, 2.24) is 10.2 Å². The van der Waals surface area contributed by atoms with E-state index in [-0.39, 0.29) is 37.7 Å². The molecule has 7 heteroatoms. The fourth-order valence-corrected chi connectivity index (χ4v) is 1.88. The Balaban J connectivity index is 2.50. The number of rotatable bonds is 7. The van der Waals surface area contributed by atoms with Gasteiger partial charge >= 0.3 is 6.03 Å². The van der Waals surface area contributed by atoms with Crippen LogP contribution in [0.4, 0.5) is 18.0 Å². The fourth-order valence-electron chi connectivity index (χ4n) is 1.88. The first-order valence-electron chi connectivity index (χ1n) is 6.76. The minimum Gasteiger partial charge on any atom is -0.395 e. The van der Waals surface area contributed by atoms with Crippen LogP contribution in [0.5, 0.6) is 0 Å². The Morgan fingerprint density at radius 2 is 1.86 bits per heavy atom. The Bertz CT molecular complexity index is 454. The molecule has 0 unspecified atom stereocenters. The number of amides is 2. The molecule has 0 aliphatic rings. The number of hydrogen-bond donors (Lipinski definition) is 2. The van der Waals surface area contributed by atoms with E-state index in [0.29, 0.717) is 6.54 Å². The standard InChI is InChI=1S/C14H19F3N2O2/c1-2-5-19(6-7-20)14(21)18-4-3-10-8-11(15)13(17)12(16)9-10/h8-9,20H,2-7H2,1H3,(H,18,21). The molecule has 118 valence electrons. The maximum atomic E-state index is 13.0. The lowest BCUT2D eigenvalue weighted by molar-refractivity contribution is 0.177. The van der Waals surface area contributed by atoms with Crippen LogP contribution >= 0.6 is 0 Å². The molecule has 0 heterocycles. The average molecular weight is 304 g/mol. The number of carbonyl (C=O) groups is 1. The van der Waals surface area contributed by atoms with Crippen LogP contribution in [0.1, 0.15) is 18.9 Å². The first kappa shape index (κ1) is 17.3. The van der Waals surface area contributed by atoms with Gasteiger partial charge in [-0.25, -0.2) is 18.0 Å². The van der Waals surface area contributed by atoms with Gasteiger partial charge in [0.25, 0.3) is 0 Å². The summed E-state index contributed by atoms with van der Waals surface area (Å²) >= 11 is 0. The van der Waals surface area contributed by atoms with Crippen LogP contribution in [0.25, 0.3) is 0 Å². The summed E-state index contributed by atoms with van der Waals surface area (Å²) < 4.78 is 38.8. The monoisotopic (exact) mass is 304 g/mol. The number of hydrogen-bond acceptors (Lipinski definition) is 2. The molecule has 1 aromatic rings. The molecular formula is C14H19F3N2O2. The normalized spacial score (nSPS) is 10.5. The van der Waals surface area contributed by atoms with Crippen molar-refractivity contribution in [2.24, 2.45) is 0 Å². The molecule has 0 aromatic heterocycles. The highest BCUT2D eigenvalue weighted by molar-refractivity contribution is 5.74. The lowest BCUT2D eigenvalue weighted by Crippen LogP contribution is -2.42. The summed E-state index contributed by atoms with van der Waals surface area (Å²) in [5, 5.41) is 11.5. The molecule has 0 spiro atoms. The largest absolute Gasteiger partial charge is 0.395 e. The lowest BCUT2D eigenvalue weighted by atomic mass is 10.1. The smallest absolute Gasteiger partial charge is 0.317 e. The highest BCUT2D eigenvalue weighted by Gasteiger charge is 2.13. The number of aliphatic hydroxyl groups excluding tert-OH is 1. The number of aliphatic hydroxyl groups is 1. The SMILES string of the molecule is CCCN(CCO)C(=O)NCCc1cc(F)c(F)c(F)c1. The summed E-state index contributed by atoms with van der Waals surface area (Å²) in [7, 11) is 0. The Morgan fingerprint density at radius 1 is 1.24 bits per heavy atom. The summed E-state index contributed by atoms with van der Waals surface area (Å²) in [5.41, 5.74) is 0.260. The van der Waals surface area contributed by atoms with E-state index in [2.05, 4.69) is 5.32 Å². The maximum absolute atomic E-state index is 13.0. The van der Waals surface area contributed by atoms with Gasteiger partial charge in [-0.3, -0.25) is 0 Å². The molecule has 0 fully saturated rings. The Kier molecular flexibility index (Phi) is 7.01. The number of urea groups is 1. The summed E-state index contributed by atoms with van der Waals surface area (Å²) in [4.78, 5) is 13.2. The van der Waals surface area contributed by atoms with Gasteiger partial charge in [0, 0.05) is 19.6 Å². The maximum Gasteiger partial charge on any atom is 0.317 e. The Labute approximate surface area is 121 Å². The molecule has 0 saturated carbocycles. The molecule has 0 radical (unpaired) electrons. The topological polar surface area (TPSA) is 52.6 Å². The van der Waals surface area contributed by atoms with E-state index in [4.69, 9.17) is 5.11 Å². The first-order chi connectivity index (χ1) is 9.99. The van der Waals surface area contributed by atoms with E-state index in [9.17, 15) is 18.0 Å². The number of nitrogens with zero attached hydrogens (tertiary/aromatic N) is 1. The highest BCUT2D eigenvalue weighted by atomic mass is 19.2. The predicted molar refractivity (Wildman–Crippen MR) is 72.4 cm³/mol. The van der Waals surface area contributed by atoms with Gasteiger partial charge in [0.05, 0.1) is 6.61 Å². The molecule has 0 aliphatic heterocycles. The number of carbonyl (C=O) groups excluding carboxylic acids is 1. The van der Waals surface area contributed by atoms with Crippen molar-refractivity contribution < 1.29 is 23.1 Å². The molecule has 1 rings (SSSR count). The van der Waals surface area contributed by atoms with E-state index in [1.54, 1.807) is 0 Å². The van der Waals surface area contributed by atoms with Crippen molar-refractivity contribution in [3.05, 3.63) is 35.1 Å². The zero-order valence-corrected chi connectivity index (χ0v) is 11.8. The Hall–Kier alpha value is -1.76. The summed E-state index contributed by atoms with van der Waals surface area (Å²) in [6, 6.07) is 1.46. The van der Waals surface area contributed by atoms with Crippen LogP contribution in [0.15, 0.2) is 12.1 Å². The zero-order valence-electron chi connectivity index (χ0n) is 11.8. The minimum absolute atomic E-state index is 0.137. The molecule has 0 atom stereocenters. The quantitative estimate of drug-likeness (QED) is 0.758. The predicted octanol–water partition coefficient (Wildman–Crippen LogP) is 2.06. The van der Waals surface area contributed by atoms with Crippen LogP contribution in [0.2, 0.25) is 0 Å². The minimum atomic E-state index is -1.50. The second kappa shape index (κ2) is 8.51. The van der Waals surface area contributed by atoms with Gasteiger partial charge in [-0.15, -0.1) is 0 Å². The van der Waals surface area contributed by atoms with Gasteiger partial charge in [0.15, 0.2) is 17.5 Å². The summed E-state index contributed by atoms with van der Waals surface area (Å²) in [6.45, 7) is 2.66. The first-order valence-corrected chi connectivity index (χ1v) is 6.76. The molecule has 0 saturated heterocycles. The van der Waals surface area contributed by atoms with Crippen LogP contribution in [0, 0.1) is 17.5 Å². The third-order valence-corrected chi connectivity index (χ3v) is 2.88. The number of halogens is 3. The van der Waals surface area contributed by atoms with Crippen molar-refractivity contribution in [2.45, 2.75) is 19.8 Å². The van der Waals surface area contributed by atoms with Crippen LogP contribution < -0.4 is 5.32 Å². The molecule has 21 heavy (non-hydrogen) atoms. The van der Waals surface area contributed by atoms with Crippen molar-refractivity contribution in [2.75, 3.05) is 26.2 Å². The molecule has 4 nitrogen and oxygen atoms in total. The van der Waals surface area contributed by atoms with E-state index in [0.717, 1.165) is 18.6 Å². The third-order valence-electron chi connectivity index (χ3n) is 2.88.